The molecule has 1 heterocycles. The monoisotopic (exact) mass is 277 g/mol. The maximum absolute atomic E-state index is 11.9. The highest BCUT2D eigenvalue weighted by molar-refractivity contribution is 5.95. The van der Waals surface area contributed by atoms with E-state index in [-0.39, 0.29) is 23.7 Å². The van der Waals surface area contributed by atoms with Gasteiger partial charge < -0.3 is 14.3 Å². The Bertz CT molecular complexity index is 661. The number of ketones is 1. The minimum Gasteiger partial charge on any atom is -0.504 e. The van der Waals surface area contributed by atoms with Crippen LogP contribution in [0.25, 0.3) is 0 Å². The smallest absolute Gasteiger partial charge is 0.433 e. The van der Waals surface area contributed by atoms with E-state index in [1.54, 1.807) is 6.07 Å². The molecule has 1 N–H and O–H groups in total. The van der Waals surface area contributed by atoms with Gasteiger partial charge in [0.15, 0.2) is 17.3 Å². The molecule has 0 aliphatic carbocycles. The predicted octanol–water partition coefficient (Wildman–Crippen LogP) is 2.33. The number of rotatable bonds is 5. The molecule has 0 aliphatic rings. The Kier molecular flexibility index (Phi) is 3.69. The highest BCUT2D eigenvalue weighted by atomic mass is 16.6. The third-order valence-corrected chi connectivity index (χ3v) is 2.66. The zero-order valence-corrected chi connectivity index (χ0v) is 10.5. The number of ether oxygens (including phenoxy) is 1. The van der Waals surface area contributed by atoms with Crippen molar-refractivity contribution in [1.29, 1.82) is 0 Å². The lowest BCUT2D eigenvalue weighted by Gasteiger charge is -2.05. The molecular formula is C13H11NO6. The van der Waals surface area contributed by atoms with Crippen LogP contribution in [0.4, 0.5) is 5.88 Å². The van der Waals surface area contributed by atoms with Gasteiger partial charge >= 0.3 is 5.88 Å². The molecule has 0 radical (unpaired) electrons. The van der Waals surface area contributed by atoms with E-state index in [2.05, 4.69) is 0 Å². The van der Waals surface area contributed by atoms with Crippen molar-refractivity contribution < 1.29 is 24.0 Å². The Balaban J connectivity index is 2.16. The number of nitro groups is 1. The topological polar surface area (TPSA) is 103 Å². The van der Waals surface area contributed by atoms with Crippen molar-refractivity contribution >= 4 is 11.7 Å². The van der Waals surface area contributed by atoms with Crippen molar-refractivity contribution in [3.8, 4) is 11.5 Å². The van der Waals surface area contributed by atoms with Gasteiger partial charge in [-0.15, -0.1) is 0 Å². The fraction of sp³-hybridized carbons (Fsp3) is 0.154. The van der Waals surface area contributed by atoms with Crippen LogP contribution >= 0.6 is 0 Å². The van der Waals surface area contributed by atoms with Gasteiger partial charge in [0.1, 0.15) is 4.92 Å². The summed E-state index contributed by atoms with van der Waals surface area (Å²) in [5, 5.41) is 19.9. The summed E-state index contributed by atoms with van der Waals surface area (Å²) in [6.45, 7) is 0. The zero-order valence-electron chi connectivity index (χ0n) is 10.5. The summed E-state index contributed by atoms with van der Waals surface area (Å²) in [5.74, 6) is -0.732. The SMILES string of the molecule is COc1cc(CC(=O)c2ccc([N+](=O)[O-])o2)ccc1O. The van der Waals surface area contributed by atoms with Crippen molar-refractivity contribution in [2.24, 2.45) is 0 Å². The number of phenolic OH excluding ortho intramolecular Hbond substituents is 1. The average molecular weight is 277 g/mol. The Morgan fingerprint density at radius 2 is 2.15 bits per heavy atom. The molecule has 0 saturated heterocycles. The molecule has 104 valence electrons. The standard InChI is InChI=1S/C13H11NO6/c1-19-12-7-8(2-3-9(12)15)6-10(16)11-4-5-13(20-11)14(17)18/h2-5,7,15H,6H2,1H3. The lowest BCUT2D eigenvalue weighted by molar-refractivity contribution is -0.402. The molecule has 1 aromatic heterocycles. The second-order valence-electron chi connectivity index (χ2n) is 4.00. The number of furan rings is 1. The number of hydrogen-bond donors (Lipinski definition) is 1. The van der Waals surface area contributed by atoms with Gasteiger partial charge in [-0.25, -0.2) is 0 Å². The van der Waals surface area contributed by atoms with Gasteiger partial charge in [-0.05, 0) is 23.8 Å². The van der Waals surface area contributed by atoms with E-state index in [0.717, 1.165) is 6.07 Å². The molecule has 7 heteroatoms. The number of nitrogens with zero attached hydrogens (tertiary/aromatic N) is 1. The zero-order chi connectivity index (χ0) is 14.7. The van der Waals surface area contributed by atoms with Gasteiger partial charge in [0.25, 0.3) is 0 Å². The maximum Gasteiger partial charge on any atom is 0.433 e. The second-order valence-corrected chi connectivity index (χ2v) is 4.00. The number of carbonyl (C=O) groups excluding carboxylic acids is 1. The van der Waals surface area contributed by atoms with Crippen LogP contribution in [-0.4, -0.2) is 22.9 Å². The molecule has 0 unspecified atom stereocenters. The van der Waals surface area contributed by atoms with E-state index >= 15 is 0 Å². The van der Waals surface area contributed by atoms with Gasteiger partial charge in [-0.2, -0.15) is 0 Å². The Hall–Kier alpha value is -2.83. The van der Waals surface area contributed by atoms with Gasteiger partial charge in [-0.1, -0.05) is 6.07 Å². The summed E-state index contributed by atoms with van der Waals surface area (Å²) in [7, 11) is 1.40. The van der Waals surface area contributed by atoms with E-state index in [1.165, 1.54) is 25.3 Å². The van der Waals surface area contributed by atoms with Crippen LogP contribution < -0.4 is 4.74 Å². The maximum atomic E-state index is 11.9. The fourth-order valence-electron chi connectivity index (χ4n) is 1.68. The van der Waals surface area contributed by atoms with Gasteiger partial charge in [0, 0.05) is 6.42 Å². The average Bonchev–Trinajstić information content (AvgIpc) is 2.91. The highest BCUT2D eigenvalue weighted by Gasteiger charge is 2.18. The number of aromatic hydroxyl groups is 1. The molecule has 0 saturated carbocycles. The molecule has 0 fully saturated rings. The lowest BCUT2D eigenvalue weighted by atomic mass is 10.1. The Labute approximate surface area is 113 Å². The summed E-state index contributed by atoms with van der Waals surface area (Å²) in [6.07, 6.45) is -0.0126. The molecule has 2 rings (SSSR count). The van der Waals surface area contributed by atoms with E-state index in [1.807, 2.05) is 0 Å². The van der Waals surface area contributed by atoms with Crippen LogP contribution in [0.3, 0.4) is 0 Å². The molecule has 0 amide bonds. The first-order valence-corrected chi connectivity index (χ1v) is 5.64. The minimum absolute atomic E-state index is 0.0126. The van der Waals surface area contributed by atoms with E-state index < -0.39 is 16.6 Å². The van der Waals surface area contributed by atoms with Gasteiger partial charge in [0.2, 0.25) is 5.78 Å². The largest absolute Gasteiger partial charge is 0.504 e. The first kappa shape index (κ1) is 13.6. The third-order valence-electron chi connectivity index (χ3n) is 2.66. The number of methoxy groups -OCH3 is 1. The minimum atomic E-state index is -0.708. The first-order valence-electron chi connectivity index (χ1n) is 5.64. The normalized spacial score (nSPS) is 10.2. The summed E-state index contributed by atoms with van der Waals surface area (Å²) < 4.78 is 9.76. The summed E-state index contributed by atoms with van der Waals surface area (Å²) in [6, 6.07) is 6.88. The summed E-state index contributed by atoms with van der Waals surface area (Å²) in [4.78, 5) is 21.7. The molecule has 0 bridgehead atoms. The van der Waals surface area contributed by atoms with Crippen molar-refractivity contribution in [2.45, 2.75) is 6.42 Å². The number of hydrogen-bond acceptors (Lipinski definition) is 6. The quantitative estimate of drug-likeness (QED) is 0.511. The van der Waals surface area contributed by atoms with Gasteiger partial charge in [-0.3, -0.25) is 14.9 Å². The third kappa shape index (κ3) is 2.77. The molecule has 0 spiro atoms. The van der Waals surface area contributed by atoms with Crippen LogP contribution in [0.5, 0.6) is 11.5 Å². The number of phenols is 1. The highest BCUT2D eigenvalue weighted by Crippen LogP contribution is 2.27. The second kappa shape index (κ2) is 5.43. The number of benzene rings is 1. The molecule has 0 atom stereocenters. The molecule has 2 aromatic rings. The summed E-state index contributed by atoms with van der Waals surface area (Å²) >= 11 is 0. The van der Waals surface area contributed by atoms with Crippen molar-refractivity contribution in [2.75, 3.05) is 7.11 Å². The van der Waals surface area contributed by atoms with E-state index in [0.29, 0.717) is 5.56 Å². The predicted molar refractivity (Wildman–Crippen MR) is 68.1 cm³/mol. The van der Waals surface area contributed by atoms with Crippen LogP contribution in [0.15, 0.2) is 34.7 Å². The molecule has 1 aromatic carbocycles. The first-order chi connectivity index (χ1) is 9.51. The number of carbonyl (C=O) groups is 1. The van der Waals surface area contributed by atoms with Gasteiger partial charge in [0.05, 0.1) is 13.2 Å². The van der Waals surface area contributed by atoms with Crippen LogP contribution in [-0.2, 0) is 6.42 Å². The Morgan fingerprint density at radius 3 is 2.75 bits per heavy atom. The molecular weight excluding hydrogens is 266 g/mol. The van der Waals surface area contributed by atoms with Crippen molar-refractivity contribution in [3.63, 3.8) is 0 Å². The summed E-state index contributed by atoms with van der Waals surface area (Å²) in [5.41, 5.74) is 0.601. The Morgan fingerprint density at radius 1 is 1.40 bits per heavy atom. The number of Topliss-reactive ketones (excluding diaryl/α,β-unsaturated/α-hetero) is 1. The van der Waals surface area contributed by atoms with Crippen LogP contribution in [0.2, 0.25) is 0 Å². The van der Waals surface area contributed by atoms with E-state index in [4.69, 9.17) is 9.15 Å². The van der Waals surface area contributed by atoms with Crippen molar-refractivity contribution in [3.05, 3.63) is 51.8 Å². The fourth-order valence-corrected chi connectivity index (χ4v) is 1.68. The molecule has 20 heavy (non-hydrogen) atoms. The van der Waals surface area contributed by atoms with E-state index in [9.17, 15) is 20.0 Å². The lowest BCUT2D eigenvalue weighted by Crippen LogP contribution is -2.02. The molecule has 0 aliphatic heterocycles. The van der Waals surface area contributed by atoms with Crippen molar-refractivity contribution in [1.82, 2.24) is 0 Å². The molecule has 7 nitrogen and oxygen atoms in total. The van der Waals surface area contributed by atoms with Crippen LogP contribution in [0, 0.1) is 10.1 Å². The van der Waals surface area contributed by atoms with Crippen LogP contribution in [0.1, 0.15) is 16.1 Å².